The number of anilines is 1. The van der Waals surface area contributed by atoms with Gasteiger partial charge in [-0.1, -0.05) is 0 Å². The lowest BCUT2D eigenvalue weighted by molar-refractivity contribution is -0.137. The number of amides is 1. The molecule has 4 heterocycles. The van der Waals surface area contributed by atoms with E-state index in [-0.39, 0.29) is 40.5 Å². The first-order chi connectivity index (χ1) is 22.5. The summed E-state index contributed by atoms with van der Waals surface area (Å²) >= 11 is 1.14. The number of ether oxygens (including phenoxy) is 1. The molecule has 3 aromatic rings. The predicted octanol–water partition coefficient (Wildman–Crippen LogP) is 5.75. The van der Waals surface area contributed by atoms with Gasteiger partial charge in [0, 0.05) is 91.1 Å². The van der Waals surface area contributed by atoms with Crippen molar-refractivity contribution in [3.8, 4) is 11.1 Å². The molecule has 3 atom stereocenters. The molecule has 0 radical (unpaired) electrons. The Labute approximate surface area is 279 Å². The Kier molecular flexibility index (Phi) is 9.18. The summed E-state index contributed by atoms with van der Waals surface area (Å²) in [4.78, 5) is 37.2. The lowest BCUT2D eigenvalue weighted by Gasteiger charge is -2.45. The Bertz CT molecular complexity index is 1790. The molecule has 2 saturated heterocycles. The summed E-state index contributed by atoms with van der Waals surface area (Å²) in [6, 6.07) is 2.15. The van der Waals surface area contributed by atoms with E-state index in [9.17, 15) is 27.2 Å². The summed E-state index contributed by atoms with van der Waals surface area (Å²) in [6.07, 6.45) is -5.44. The normalized spacial score (nSPS) is 22.3. The van der Waals surface area contributed by atoms with Gasteiger partial charge >= 0.3 is 18.0 Å². The molecule has 0 aliphatic carbocycles. The van der Waals surface area contributed by atoms with E-state index in [1.165, 1.54) is 4.57 Å². The second-order valence-electron chi connectivity index (χ2n) is 13.7. The van der Waals surface area contributed by atoms with Crippen molar-refractivity contribution in [1.82, 2.24) is 24.7 Å². The fraction of sp³-hybridized carbons (Fsp3) is 0.545. The van der Waals surface area contributed by atoms with Crippen LogP contribution in [0.5, 0.6) is 0 Å². The molecular weight excluding hydrogens is 655 g/mol. The van der Waals surface area contributed by atoms with Crippen LogP contribution in [0.2, 0.25) is 0 Å². The Balaban J connectivity index is 1.56. The third-order valence-electron chi connectivity index (χ3n) is 9.00. The zero-order valence-electron chi connectivity index (χ0n) is 27.5. The maximum atomic E-state index is 15.3. The molecule has 3 aliphatic heterocycles. The highest BCUT2D eigenvalue weighted by Gasteiger charge is 2.42. The number of aromatic nitrogens is 2. The number of nitrogens with one attached hydrogen (secondary N) is 1. The Morgan fingerprint density at radius 2 is 1.77 bits per heavy atom. The van der Waals surface area contributed by atoms with Crippen LogP contribution in [0.1, 0.15) is 46.2 Å². The first-order valence-electron chi connectivity index (χ1n) is 16.0. The summed E-state index contributed by atoms with van der Waals surface area (Å²) in [5.41, 5.74) is -3.05. The number of hydrogen-bond donors (Lipinski definition) is 1. The van der Waals surface area contributed by atoms with Crippen molar-refractivity contribution < 1.29 is 31.5 Å². The summed E-state index contributed by atoms with van der Waals surface area (Å²) in [5, 5.41) is 3.39. The molecule has 9 nitrogen and oxygen atoms in total. The van der Waals surface area contributed by atoms with Gasteiger partial charge in [-0.05, 0) is 52.8 Å². The summed E-state index contributed by atoms with van der Waals surface area (Å²) < 4.78 is 81.3. The molecule has 48 heavy (non-hydrogen) atoms. The van der Waals surface area contributed by atoms with Crippen molar-refractivity contribution in [2.75, 3.05) is 56.5 Å². The standard InChI is InChI=1S/C33H39F5N6O3S/c1-18-15-43(31(46)47-32(3,4)5)19(2)14-42(18)29-23-13-24(33(36,37)38)26(22-7-6-20(34)12-25(22)35)28-27(23)44(30(45)40-29)21(17-48-28)16-41-10-8-39-9-11-41/h6-7,12-13,18-19,21,39H,8-11,14-17H2,1-5H3/t18?,19?,21-/m0/s1. The second kappa shape index (κ2) is 12.8. The molecule has 6 rings (SSSR count). The van der Waals surface area contributed by atoms with Crippen LogP contribution in [-0.2, 0) is 10.9 Å². The molecule has 3 aliphatic rings. The van der Waals surface area contributed by atoms with Gasteiger partial charge in [-0.3, -0.25) is 9.47 Å². The Morgan fingerprint density at radius 1 is 1.06 bits per heavy atom. The maximum absolute atomic E-state index is 15.3. The highest BCUT2D eigenvalue weighted by molar-refractivity contribution is 7.99. The van der Waals surface area contributed by atoms with Crippen LogP contribution < -0.4 is 15.9 Å². The fourth-order valence-electron chi connectivity index (χ4n) is 6.82. The third kappa shape index (κ3) is 6.60. The number of hydrogen-bond acceptors (Lipinski definition) is 8. The quantitative estimate of drug-likeness (QED) is 0.346. The van der Waals surface area contributed by atoms with E-state index in [4.69, 9.17) is 4.74 Å². The van der Waals surface area contributed by atoms with E-state index >= 15 is 4.39 Å². The molecule has 260 valence electrons. The molecule has 2 aromatic carbocycles. The SMILES string of the molecule is CC1CN(c2nc(=O)n3c4c(c(-c5ccc(F)cc5F)c(C(F)(F)F)cc24)SC[C@@H]3CN2CCNCC2)C(C)CN1C(=O)OC(C)(C)C. The number of benzene rings is 2. The number of carbonyl (C=O) groups excluding carboxylic acids is 1. The van der Waals surface area contributed by atoms with Gasteiger partial charge < -0.3 is 19.9 Å². The average Bonchev–Trinajstić information content (AvgIpc) is 2.99. The zero-order chi connectivity index (χ0) is 34.7. The molecule has 2 fully saturated rings. The topological polar surface area (TPSA) is 82.9 Å². The van der Waals surface area contributed by atoms with Gasteiger partial charge in [0.2, 0.25) is 0 Å². The second-order valence-corrected chi connectivity index (χ2v) is 14.8. The largest absolute Gasteiger partial charge is 0.444 e. The van der Waals surface area contributed by atoms with Crippen molar-refractivity contribution in [3.05, 3.63) is 51.9 Å². The maximum Gasteiger partial charge on any atom is 0.417 e. The molecule has 1 aromatic heterocycles. The Hall–Kier alpha value is -3.43. The van der Waals surface area contributed by atoms with Crippen LogP contribution in [0.3, 0.4) is 0 Å². The monoisotopic (exact) mass is 694 g/mol. The van der Waals surface area contributed by atoms with Crippen LogP contribution in [0.4, 0.5) is 32.6 Å². The van der Waals surface area contributed by atoms with Gasteiger partial charge in [-0.2, -0.15) is 18.2 Å². The van der Waals surface area contributed by atoms with Crippen molar-refractivity contribution >= 4 is 34.6 Å². The van der Waals surface area contributed by atoms with Gasteiger partial charge in [-0.15, -0.1) is 11.8 Å². The summed E-state index contributed by atoms with van der Waals surface area (Å²) in [6.45, 7) is 12.8. The van der Waals surface area contributed by atoms with Crippen LogP contribution in [-0.4, -0.2) is 94.7 Å². The molecule has 1 amide bonds. The van der Waals surface area contributed by atoms with E-state index in [0.717, 1.165) is 56.1 Å². The van der Waals surface area contributed by atoms with E-state index in [1.54, 1.807) is 37.5 Å². The van der Waals surface area contributed by atoms with Gasteiger partial charge in [0.25, 0.3) is 0 Å². The van der Waals surface area contributed by atoms with E-state index in [0.29, 0.717) is 12.6 Å². The first kappa shape index (κ1) is 34.4. The fourth-order valence-corrected chi connectivity index (χ4v) is 8.14. The van der Waals surface area contributed by atoms with Crippen LogP contribution in [0.25, 0.3) is 22.0 Å². The van der Waals surface area contributed by atoms with Crippen molar-refractivity contribution in [2.45, 2.75) is 69.4 Å². The number of piperazine rings is 2. The molecule has 0 spiro atoms. The lowest BCUT2D eigenvalue weighted by Crippen LogP contribution is -2.59. The number of rotatable bonds is 4. The number of alkyl halides is 3. The van der Waals surface area contributed by atoms with Crippen molar-refractivity contribution in [1.29, 1.82) is 0 Å². The average molecular weight is 695 g/mol. The van der Waals surface area contributed by atoms with E-state index < -0.39 is 70.0 Å². The Morgan fingerprint density at radius 3 is 2.42 bits per heavy atom. The van der Waals surface area contributed by atoms with Crippen molar-refractivity contribution in [3.63, 3.8) is 0 Å². The minimum absolute atomic E-state index is 0.0655. The van der Waals surface area contributed by atoms with Crippen LogP contribution in [0.15, 0.2) is 34.0 Å². The minimum Gasteiger partial charge on any atom is -0.444 e. The lowest BCUT2D eigenvalue weighted by atomic mass is 9.95. The molecule has 2 unspecified atom stereocenters. The number of thioether (sulfide) groups is 1. The number of halogens is 5. The molecule has 1 N–H and O–H groups in total. The third-order valence-corrected chi connectivity index (χ3v) is 10.2. The van der Waals surface area contributed by atoms with Gasteiger partial charge in [-0.25, -0.2) is 18.4 Å². The number of carbonyl (C=O) groups is 1. The molecular formula is C33H39F5N6O3S. The van der Waals surface area contributed by atoms with Gasteiger partial charge in [0.15, 0.2) is 0 Å². The van der Waals surface area contributed by atoms with Crippen LogP contribution in [0, 0.1) is 11.6 Å². The molecule has 15 heteroatoms. The van der Waals surface area contributed by atoms with E-state index in [2.05, 4.69) is 15.2 Å². The van der Waals surface area contributed by atoms with Gasteiger partial charge in [0.1, 0.15) is 23.1 Å². The highest BCUT2D eigenvalue weighted by Crippen LogP contribution is 2.50. The van der Waals surface area contributed by atoms with Crippen LogP contribution >= 0.6 is 11.8 Å². The zero-order valence-corrected chi connectivity index (χ0v) is 28.3. The molecule has 0 saturated carbocycles. The smallest absolute Gasteiger partial charge is 0.417 e. The van der Waals surface area contributed by atoms with Crippen molar-refractivity contribution in [2.24, 2.45) is 0 Å². The van der Waals surface area contributed by atoms with Gasteiger partial charge in [0.05, 0.1) is 17.1 Å². The summed E-state index contributed by atoms with van der Waals surface area (Å²) in [7, 11) is 0. The first-order valence-corrected chi connectivity index (χ1v) is 17.0. The highest BCUT2D eigenvalue weighted by atomic mass is 32.2. The predicted molar refractivity (Wildman–Crippen MR) is 175 cm³/mol. The molecule has 0 bridgehead atoms. The summed E-state index contributed by atoms with van der Waals surface area (Å²) in [5.74, 6) is -1.73. The minimum atomic E-state index is -4.92. The number of nitrogens with zero attached hydrogens (tertiary/aromatic N) is 5. The van der Waals surface area contributed by atoms with E-state index in [1.807, 2.05) is 6.92 Å².